The summed E-state index contributed by atoms with van der Waals surface area (Å²) in [5, 5.41) is 31.4. The lowest BCUT2D eigenvalue weighted by molar-refractivity contribution is 0.514. The first kappa shape index (κ1) is 64.2. The van der Waals surface area contributed by atoms with Crippen LogP contribution in [0, 0.1) is 26.6 Å². The van der Waals surface area contributed by atoms with Crippen LogP contribution in [-0.2, 0) is 20.0 Å². The molecule has 0 radical (unpaired) electrons. The number of imidazole rings is 1. The lowest BCUT2D eigenvalue weighted by atomic mass is 10.2. The smallest absolute Gasteiger partial charge is 0.161 e. The first-order valence-electron chi connectivity index (χ1n) is 25.2. The lowest BCUT2D eigenvalue weighted by Crippen LogP contribution is -2.04. The van der Waals surface area contributed by atoms with Crippen LogP contribution in [0.4, 0.5) is 4.39 Å². The molecular weight excluding hydrogens is 928 g/mol. The van der Waals surface area contributed by atoms with Gasteiger partial charge in [-0.05, 0) is 111 Å². The zero-order chi connectivity index (χ0) is 55.4. The Hall–Kier alpha value is -6.81. The minimum absolute atomic E-state index is 0.245. The largest absolute Gasteiger partial charge is 0.332 e. The molecule has 0 aliphatic heterocycles. The second-order valence-electron chi connectivity index (χ2n) is 19.0. The van der Waals surface area contributed by atoms with Gasteiger partial charge in [-0.2, -0.15) is 30.6 Å². The number of rotatable bonds is 10. The molecule has 0 bridgehead atoms. The maximum absolute atomic E-state index is 12.2. The molecule has 0 saturated heterocycles. The van der Waals surface area contributed by atoms with Crippen LogP contribution in [0.2, 0.25) is 0 Å². The number of halogens is 1. The topological polar surface area (TPSA) is 220 Å². The average molecular weight is 1020 g/mol. The third kappa shape index (κ3) is 24.0. The van der Waals surface area contributed by atoms with E-state index >= 15 is 0 Å². The second-order valence-corrected chi connectivity index (χ2v) is 19.0. The molecule has 0 aliphatic carbocycles. The monoisotopic (exact) mass is 1020 g/mol. The minimum atomic E-state index is -0.274. The molecule has 23 heteroatoms. The molecule has 0 N–H and O–H groups in total. The van der Waals surface area contributed by atoms with E-state index in [9.17, 15) is 4.39 Å². The van der Waals surface area contributed by atoms with E-state index < -0.39 is 0 Å². The SMILES string of the molecule is CC(C)c1ncnn1C.CC(C)n1cc(F)cn1.CC(C)n1ccnn1.CC(C)n1cncn1.CCc1nccn1C(C)C.CCn1ncnc1C(C)C.Cc1nc(C)n(C(C)C)n1.Cc1ncnn1C(C)C. The van der Waals surface area contributed by atoms with Gasteiger partial charge in [0.15, 0.2) is 5.82 Å². The van der Waals surface area contributed by atoms with Gasteiger partial charge >= 0.3 is 0 Å². The normalized spacial score (nSPS) is 10.7. The van der Waals surface area contributed by atoms with Crippen molar-refractivity contribution in [2.24, 2.45) is 7.05 Å². The average Bonchev–Trinajstić information content (AvgIpc) is 4.18. The van der Waals surface area contributed by atoms with Gasteiger partial charge in [0.1, 0.15) is 66.6 Å². The van der Waals surface area contributed by atoms with E-state index in [-0.39, 0.29) is 11.9 Å². The Kier molecular flexibility index (Phi) is 29.7. The summed E-state index contributed by atoms with van der Waals surface area (Å²) < 4.78 is 27.1. The van der Waals surface area contributed by atoms with E-state index in [4.69, 9.17) is 0 Å². The third-order valence-electron chi connectivity index (χ3n) is 10.0. The van der Waals surface area contributed by atoms with Crippen molar-refractivity contribution in [3.63, 3.8) is 0 Å². The van der Waals surface area contributed by atoms with E-state index in [0.717, 1.165) is 42.1 Å². The predicted molar refractivity (Wildman–Crippen MR) is 285 cm³/mol. The van der Waals surface area contributed by atoms with Gasteiger partial charge in [0, 0.05) is 86.7 Å². The Morgan fingerprint density at radius 3 is 1.41 bits per heavy atom. The van der Waals surface area contributed by atoms with Gasteiger partial charge in [-0.3, -0.25) is 23.4 Å². The standard InChI is InChI=1S/C8H14N2.2C7H13N3.C6H9FN2.2C6H11N3.2C5H9N3/c1-4-8-9-5-6-10(8)7(2)3;1-5(2)10-7(4)8-6(3)9-10;1-4-10-7(6(2)3)8-5-9-10;1-5(2)9-4-6(7)3-8-9;1-5(2)6-7-4-8-9(6)3;1-5(2)9-6(3)7-4-8-9;1-5(2)8-4-6-3-7-8;1-5(2)8-4-3-6-7-8/h5-7H,4H2,1-3H3;5H,1-4H3;5-6H,4H2,1-3H3;3-5H,1-2H3;2*4-5H,1-3H3;2*3-5H,1-2H3. The third-order valence-corrected chi connectivity index (χ3v) is 10.0. The van der Waals surface area contributed by atoms with Crippen LogP contribution >= 0.6 is 0 Å². The van der Waals surface area contributed by atoms with Crippen molar-refractivity contribution in [2.45, 2.75) is 206 Å². The van der Waals surface area contributed by atoms with Crippen molar-refractivity contribution in [3.05, 3.63) is 110 Å². The van der Waals surface area contributed by atoms with E-state index in [1.807, 2.05) is 74.3 Å². The fourth-order valence-electron chi connectivity index (χ4n) is 6.29. The summed E-state index contributed by atoms with van der Waals surface area (Å²) in [5.41, 5.74) is 0. The van der Waals surface area contributed by atoms with E-state index in [2.05, 4.69) is 186 Å². The van der Waals surface area contributed by atoms with Crippen LogP contribution in [0.15, 0.2) is 68.8 Å². The number of aryl methyl sites for hydroxylation is 6. The molecule has 0 amide bonds. The molecule has 8 rings (SSSR count). The summed E-state index contributed by atoms with van der Waals surface area (Å²) in [6, 6.07) is 2.48. The molecule has 0 saturated carbocycles. The summed E-state index contributed by atoms with van der Waals surface area (Å²) in [7, 11) is 1.91. The zero-order valence-corrected chi connectivity index (χ0v) is 48.1. The minimum Gasteiger partial charge on any atom is -0.332 e. The van der Waals surface area contributed by atoms with Gasteiger partial charge in [-0.25, -0.2) is 43.7 Å². The Morgan fingerprint density at radius 2 is 1.14 bits per heavy atom. The van der Waals surface area contributed by atoms with Crippen LogP contribution in [-0.4, -0.2) is 108 Å². The van der Waals surface area contributed by atoms with E-state index in [1.165, 1.54) is 18.2 Å². The summed E-state index contributed by atoms with van der Waals surface area (Å²) in [5.74, 6) is 6.78. The van der Waals surface area contributed by atoms with Gasteiger partial charge in [-0.15, -0.1) is 5.10 Å². The summed E-state index contributed by atoms with van der Waals surface area (Å²) in [6.45, 7) is 44.2. The molecule has 0 unspecified atom stereocenters. The van der Waals surface area contributed by atoms with Crippen LogP contribution in [0.5, 0.6) is 0 Å². The zero-order valence-electron chi connectivity index (χ0n) is 48.1. The number of nitrogens with zero attached hydrogens (tertiary/aromatic N) is 22. The Balaban J connectivity index is 0.000000418. The molecule has 0 fully saturated rings. The van der Waals surface area contributed by atoms with Crippen molar-refractivity contribution in [1.29, 1.82) is 0 Å². The van der Waals surface area contributed by atoms with E-state index in [1.54, 1.807) is 56.6 Å². The molecule has 8 aromatic rings. The predicted octanol–water partition coefficient (Wildman–Crippen LogP) is 10.4. The number of hydrogen-bond donors (Lipinski definition) is 0. The first-order valence-corrected chi connectivity index (χ1v) is 25.2. The Labute approximate surface area is 434 Å². The van der Waals surface area contributed by atoms with Gasteiger partial charge in [0.25, 0.3) is 0 Å². The highest BCUT2D eigenvalue weighted by Gasteiger charge is 2.07. The van der Waals surface area contributed by atoms with Crippen molar-refractivity contribution in [1.82, 2.24) is 108 Å². The first-order chi connectivity index (χ1) is 34.4. The maximum atomic E-state index is 12.2. The van der Waals surface area contributed by atoms with Crippen molar-refractivity contribution in [3.8, 4) is 0 Å². The van der Waals surface area contributed by atoms with Gasteiger partial charge in [-0.1, -0.05) is 39.8 Å². The molecule has 0 aromatic carbocycles. The van der Waals surface area contributed by atoms with Crippen LogP contribution in [0.1, 0.15) is 208 Å². The molecule has 0 aliphatic rings. The van der Waals surface area contributed by atoms with Crippen molar-refractivity contribution < 1.29 is 4.39 Å². The highest BCUT2D eigenvalue weighted by atomic mass is 19.1. The molecule has 73 heavy (non-hydrogen) atoms. The number of hydrogen-bond acceptors (Lipinski definition) is 14. The lowest BCUT2D eigenvalue weighted by Gasteiger charge is -2.08. The quantitative estimate of drug-likeness (QED) is 0.124. The Bertz CT molecular complexity index is 2420. The molecule has 22 nitrogen and oxygen atoms in total. The maximum Gasteiger partial charge on any atom is 0.161 e. The van der Waals surface area contributed by atoms with Gasteiger partial charge in [0.2, 0.25) is 0 Å². The van der Waals surface area contributed by atoms with Crippen molar-refractivity contribution in [2.75, 3.05) is 0 Å². The molecular formula is C50H89FN22. The Morgan fingerprint density at radius 1 is 0.548 bits per heavy atom. The highest BCUT2D eigenvalue weighted by molar-refractivity contribution is 4.94. The van der Waals surface area contributed by atoms with Gasteiger partial charge in [0.05, 0.1) is 18.6 Å². The molecule has 8 aromatic heterocycles. The molecule has 8 heterocycles. The second kappa shape index (κ2) is 33.8. The van der Waals surface area contributed by atoms with Crippen LogP contribution < -0.4 is 0 Å². The molecule has 0 spiro atoms. The summed E-state index contributed by atoms with van der Waals surface area (Å²) >= 11 is 0. The van der Waals surface area contributed by atoms with Crippen LogP contribution in [0.25, 0.3) is 0 Å². The van der Waals surface area contributed by atoms with E-state index in [0.29, 0.717) is 42.0 Å². The summed E-state index contributed by atoms with van der Waals surface area (Å²) in [6.07, 6.45) is 19.1. The fourth-order valence-corrected chi connectivity index (χ4v) is 6.29. The number of aromatic nitrogens is 22. The van der Waals surface area contributed by atoms with Crippen molar-refractivity contribution >= 4 is 0 Å². The fraction of sp³-hybridized carbons (Fsp3) is 0.640. The molecule has 406 valence electrons. The summed E-state index contributed by atoms with van der Waals surface area (Å²) in [4.78, 5) is 24.4. The van der Waals surface area contributed by atoms with Gasteiger partial charge < -0.3 is 4.57 Å². The van der Waals surface area contributed by atoms with Crippen LogP contribution in [0.3, 0.4) is 0 Å². The molecule has 0 atom stereocenters. The highest BCUT2D eigenvalue weighted by Crippen LogP contribution is 2.11.